The van der Waals surface area contributed by atoms with Crippen molar-refractivity contribution in [2.75, 3.05) is 11.9 Å². The van der Waals surface area contributed by atoms with E-state index in [1.165, 1.54) is 12.1 Å². The van der Waals surface area contributed by atoms with Gasteiger partial charge in [0.1, 0.15) is 11.7 Å². The fourth-order valence-electron chi connectivity index (χ4n) is 2.62. The quantitative estimate of drug-likeness (QED) is 0.529. The largest absolute Gasteiger partial charge is 0.481 e. The molecular weight excluding hydrogens is 384 g/mol. The van der Waals surface area contributed by atoms with Gasteiger partial charge in [-0.25, -0.2) is 9.97 Å². The molecule has 150 valence electrons. The molecule has 2 aromatic carbocycles. The third-order valence-corrected chi connectivity index (χ3v) is 4.11. The molecule has 3 N–H and O–H groups in total. The first-order valence-electron chi connectivity index (χ1n) is 8.54. The number of aliphatic hydroxyl groups is 1. The van der Waals surface area contributed by atoms with E-state index in [1.807, 2.05) is 0 Å². The number of hydrogen-bond acceptors (Lipinski definition) is 6. The lowest BCUT2D eigenvalue weighted by Crippen LogP contribution is -2.15. The van der Waals surface area contributed by atoms with Crippen LogP contribution < -0.4 is 10.1 Å². The number of aromatic nitrogens is 2. The number of rotatable bonds is 8. The van der Waals surface area contributed by atoms with E-state index in [2.05, 4.69) is 20.0 Å². The summed E-state index contributed by atoms with van der Waals surface area (Å²) in [4.78, 5) is 19.5. The molecule has 1 heterocycles. The first-order chi connectivity index (χ1) is 14.0. The van der Waals surface area contributed by atoms with Crippen LogP contribution in [0.1, 0.15) is 11.5 Å². The van der Waals surface area contributed by atoms with Crippen LogP contribution in [0.3, 0.4) is 0 Å². The van der Waals surface area contributed by atoms with Gasteiger partial charge < -0.3 is 20.3 Å². The number of ether oxygens (including phenoxy) is 1. The Balaban J connectivity index is 1.67. The average molecular weight is 401 g/mol. The Bertz CT molecular complexity index is 949. The smallest absolute Gasteiger partial charge is 0.387 e. The number of halogens is 2. The van der Waals surface area contributed by atoms with Gasteiger partial charge in [0.2, 0.25) is 5.95 Å². The standard InChI is InChI=1S/C20H17F2N3O4/c21-19(22)29-16-7-3-12(4-8-16)14-9-23-20(24-10-14)25-15-5-1-13(2-6-15)17(11-26)18(27)28/h1-10,17,19,26H,11H2,(H,27,28)(H,23,24,25)/t17-/m1/s1. The molecule has 0 aliphatic carbocycles. The van der Waals surface area contributed by atoms with Crippen molar-refractivity contribution in [3.63, 3.8) is 0 Å². The fourth-order valence-corrected chi connectivity index (χ4v) is 2.62. The molecule has 0 unspecified atom stereocenters. The molecule has 1 aromatic heterocycles. The van der Waals surface area contributed by atoms with E-state index in [0.717, 1.165) is 5.56 Å². The Kier molecular flexibility index (Phi) is 6.30. The molecule has 9 heteroatoms. The molecule has 0 amide bonds. The van der Waals surface area contributed by atoms with Crippen LogP contribution >= 0.6 is 0 Å². The van der Waals surface area contributed by atoms with E-state index in [4.69, 9.17) is 5.11 Å². The fraction of sp³-hybridized carbons (Fsp3) is 0.150. The number of nitrogens with zero attached hydrogens (tertiary/aromatic N) is 2. The zero-order valence-corrected chi connectivity index (χ0v) is 15.0. The summed E-state index contributed by atoms with van der Waals surface area (Å²) in [5.41, 5.74) is 2.58. The van der Waals surface area contributed by atoms with E-state index >= 15 is 0 Å². The van der Waals surface area contributed by atoms with Crippen molar-refractivity contribution in [1.29, 1.82) is 0 Å². The molecule has 3 aromatic rings. The van der Waals surface area contributed by atoms with Gasteiger partial charge in [0.25, 0.3) is 0 Å². The van der Waals surface area contributed by atoms with Crippen LogP contribution in [0.5, 0.6) is 5.75 Å². The molecule has 0 fully saturated rings. The maximum absolute atomic E-state index is 12.2. The predicted octanol–water partition coefficient (Wildman–Crippen LogP) is 3.65. The molecule has 0 saturated carbocycles. The molecular formula is C20H17F2N3O4. The zero-order chi connectivity index (χ0) is 20.8. The number of carbonyl (C=O) groups is 1. The second-order valence-electron chi connectivity index (χ2n) is 6.02. The molecule has 7 nitrogen and oxygen atoms in total. The van der Waals surface area contributed by atoms with Crippen LogP contribution in [0.15, 0.2) is 60.9 Å². The van der Waals surface area contributed by atoms with Crippen molar-refractivity contribution in [1.82, 2.24) is 9.97 Å². The summed E-state index contributed by atoms with van der Waals surface area (Å²) in [6.07, 6.45) is 3.16. The molecule has 29 heavy (non-hydrogen) atoms. The molecule has 3 rings (SSSR count). The highest BCUT2D eigenvalue weighted by Crippen LogP contribution is 2.24. The van der Waals surface area contributed by atoms with Crippen molar-refractivity contribution in [3.8, 4) is 16.9 Å². The summed E-state index contributed by atoms with van der Waals surface area (Å²) in [6, 6.07) is 12.7. The summed E-state index contributed by atoms with van der Waals surface area (Å²) in [7, 11) is 0. The number of hydrogen-bond donors (Lipinski definition) is 3. The molecule has 0 aliphatic heterocycles. The Morgan fingerprint density at radius 2 is 1.62 bits per heavy atom. The van der Waals surface area contributed by atoms with Gasteiger partial charge in [0.05, 0.1) is 6.61 Å². The van der Waals surface area contributed by atoms with E-state index in [1.54, 1.807) is 48.8 Å². The second kappa shape index (κ2) is 9.07. The third-order valence-electron chi connectivity index (χ3n) is 4.11. The van der Waals surface area contributed by atoms with Crippen LogP contribution in [-0.4, -0.2) is 39.4 Å². The van der Waals surface area contributed by atoms with Crippen LogP contribution in [0, 0.1) is 0 Å². The zero-order valence-electron chi connectivity index (χ0n) is 15.0. The summed E-state index contributed by atoms with van der Waals surface area (Å²) in [6.45, 7) is -3.36. The number of carboxylic acid groups (broad SMARTS) is 1. The number of benzene rings is 2. The van der Waals surface area contributed by atoms with Gasteiger partial charge in [-0.1, -0.05) is 24.3 Å². The third kappa shape index (κ3) is 5.23. The number of carboxylic acids is 1. The minimum atomic E-state index is -2.87. The van der Waals surface area contributed by atoms with Gasteiger partial charge >= 0.3 is 12.6 Å². The molecule has 0 radical (unpaired) electrons. The first kappa shape index (κ1) is 20.2. The Morgan fingerprint density at radius 3 is 2.14 bits per heavy atom. The highest BCUT2D eigenvalue weighted by atomic mass is 19.3. The van der Waals surface area contributed by atoms with Crippen molar-refractivity contribution in [2.45, 2.75) is 12.5 Å². The van der Waals surface area contributed by atoms with Gasteiger partial charge in [-0.3, -0.25) is 4.79 Å². The van der Waals surface area contributed by atoms with Crippen molar-refractivity contribution < 1.29 is 28.5 Å². The highest BCUT2D eigenvalue weighted by molar-refractivity contribution is 5.76. The second-order valence-corrected chi connectivity index (χ2v) is 6.02. The van der Waals surface area contributed by atoms with Gasteiger partial charge in [-0.05, 0) is 35.4 Å². The van der Waals surface area contributed by atoms with Crippen LogP contribution in [0.4, 0.5) is 20.4 Å². The molecule has 0 saturated heterocycles. The van der Waals surface area contributed by atoms with E-state index < -0.39 is 25.1 Å². The van der Waals surface area contributed by atoms with Gasteiger partial charge in [-0.2, -0.15) is 8.78 Å². The molecule has 1 atom stereocenters. The highest BCUT2D eigenvalue weighted by Gasteiger charge is 2.18. The van der Waals surface area contributed by atoms with E-state index in [0.29, 0.717) is 22.8 Å². The first-order valence-corrected chi connectivity index (χ1v) is 8.54. The lowest BCUT2D eigenvalue weighted by atomic mass is 10.00. The van der Waals surface area contributed by atoms with Crippen LogP contribution in [0.2, 0.25) is 0 Å². The Morgan fingerprint density at radius 1 is 1.00 bits per heavy atom. The van der Waals surface area contributed by atoms with Gasteiger partial charge in [0.15, 0.2) is 0 Å². The maximum Gasteiger partial charge on any atom is 0.387 e. The van der Waals surface area contributed by atoms with Crippen molar-refractivity contribution >= 4 is 17.6 Å². The molecule has 0 spiro atoms. The van der Waals surface area contributed by atoms with Gasteiger partial charge in [-0.15, -0.1) is 0 Å². The summed E-state index contributed by atoms with van der Waals surface area (Å²) < 4.78 is 28.7. The number of alkyl halides is 2. The lowest BCUT2D eigenvalue weighted by molar-refractivity contribution is -0.139. The van der Waals surface area contributed by atoms with E-state index in [9.17, 15) is 18.7 Å². The van der Waals surface area contributed by atoms with Gasteiger partial charge in [0, 0.05) is 23.6 Å². The summed E-state index contributed by atoms with van der Waals surface area (Å²) in [5.74, 6) is -1.67. The SMILES string of the molecule is O=C(O)[C@H](CO)c1ccc(Nc2ncc(-c3ccc(OC(F)F)cc3)cn2)cc1. The number of aliphatic carboxylic acids is 1. The van der Waals surface area contributed by atoms with Crippen LogP contribution in [0.25, 0.3) is 11.1 Å². The molecule has 0 bridgehead atoms. The lowest BCUT2D eigenvalue weighted by Gasteiger charge is -2.11. The predicted molar refractivity (Wildman–Crippen MR) is 101 cm³/mol. The minimum absolute atomic E-state index is 0.0673. The topological polar surface area (TPSA) is 105 Å². The average Bonchev–Trinajstić information content (AvgIpc) is 2.70. The summed E-state index contributed by atoms with van der Waals surface area (Å²) in [5, 5.41) is 21.2. The summed E-state index contributed by atoms with van der Waals surface area (Å²) >= 11 is 0. The Hall–Kier alpha value is -3.59. The normalized spacial score (nSPS) is 11.9. The van der Waals surface area contributed by atoms with E-state index in [-0.39, 0.29) is 5.75 Å². The number of anilines is 2. The van der Waals surface area contributed by atoms with Crippen molar-refractivity contribution in [3.05, 3.63) is 66.5 Å². The van der Waals surface area contributed by atoms with Crippen LogP contribution in [-0.2, 0) is 4.79 Å². The number of aliphatic hydroxyl groups excluding tert-OH is 1. The maximum atomic E-state index is 12.2. The van der Waals surface area contributed by atoms with Crippen molar-refractivity contribution in [2.24, 2.45) is 0 Å². The Labute approximate surface area is 164 Å². The minimum Gasteiger partial charge on any atom is -0.481 e. The monoisotopic (exact) mass is 401 g/mol. The number of nitrogens with one attached hydrogen (secondary N) is 1. The molecule has 0 aliphatic rings.